The largest absolute Gasteiger partial charge is 0.444 e. The number of nitrogens with zero attached hydrogens (tertiary/aromatic N) is 6. The Hall–Kier alpha value is -2.56. The summed E-state index contributed by atoms with van der Waals surface area (Å²) in [6.45, 7) is 7.95. The van der Waals surface area contributed by atoms with Crippen molar-refractivity contribution in [2.75, 3.05) is 50.7 Å². The molecule has 0 N–H and O–H groups in total. The second-order valence-corrected chi connectivity index (χ2v) is 9.98. The van der Waals surface area contributed by atoms with E-state index in [-0.39, 0.29) is 19.0 Å². The second-order valence-electron chi connectivity index (χ2n) is 9.98. The van der Waals surface area contributed by atoms with Gasteiger partial charge in [-0.2, -0.15) is 0 Å². The number of likely N-dealkylation sites (tertiary alicyclic amines) is 2. The molecule has 2 atom stereocenters. The van der Waals surface area contributed by atoms with Crippen molar-refractivity contribution in [2.45, 2.75) is 57.2 Å². The fourth-order valence-corrected chi connectivity index (χ4v) is 4.71. The molecule has 4 heterocycles. The van der Waals surface area contributed by atoms with Gasteiger partial charge in [0.15, 0.2) is 0 Å². The number of amides is 2. The molecule has 33 heavy (non-hydrogen) atoms. The first-order chi connectivity index (χ1) is 15.5. The Morgan fingerprint density at radius 1 is 1.09 bits per heavy atom. The monoisotopic (exact) mass is 466 g/mol. The van der Waals surface area contributed by atoms with Crippen LogP contribution in [-0.2, 0) is 9.53 Å². The van der Waals surface area contributed by atoms with Gasteiger partial charge in [-0.15, -0.1) is 0 Å². The Morgan fingerprint density at radius 2 is 1.76 bits per heavy atom. The summed E-state index contributed by atoms with van der Waals surface area (Å²) in [6.07, 6.45) is 2.91. The van der Waals surface area contributed by atoms with Crippen LogP contribution in [0.4, 0.5) is 19.5 Å². The van der Waals surface area contributed by atoms with Crippen LogP contribution in [0.15, 0.2) is 18.5 Å². The van der Waals surface area contributed by atoms with Crippen LogP contribution in [0, 0.1) is 0 Å². The Labute approximate surface area is 192 Å². The highest BCUT2D eigenvalue weighted by Crippen LogP contribution is 2.31. The zero-order valence-electron chi connectivity index (χ0n) is 19.4. The lowest BCUT2D eigenvalue weighted by Crippen LogP contribution is -2.51. The van der Waals surface area contributed by atoms with Gasteiger partial charge in [-0.25, -0.2) is 23.5 Å². The number of carbonyl (C=O) groups excluding carboxylic acids is 2. The van der Waals surface area contributed by atoms with Gasteiger partial charge in [-0.05, 0) is 33.3 Å². The summed E-state index contributed by atoms with van der Waals surface area (Å²) in [5.74, 6) is -2.61. The van der Waals surface area contributed by atoms with Gasteiger partial charge in [-0.1, -0.05) is 0 Å². The minimum absolute atomic E-state index is 0.00487. The maximum absolute atomic E-state index is 13.7. The molecule has 0 aromatic carbocycles. The lowest BCUT2D eigenvalue weighted by atomic mass is 10.1. The summed E-state index contributed by atoms with van der Waals surface area (Å²) in [5, 5.41) is 0. The van der Waals surface area contributed by atoms with Crippen molar-refractivity contribution in [2.24, 2.45) is 0 Å². The quantitative estimate of drug-likeness (QED) is 0.672. The second kappa shape index (κ2) is 9.00. The third-order valence-electron chi connectivity index (χ3n) is 6.34. The first-order valence-corrected chi connectivity index (χ1v) is 11.4. The first-order valence-electron chi connectivity index (χ1n) is 11.4. The van der Waals surface area contributed by atoms with Gasteiger partial charge in [0.05, 0.1) is 6.54 Å². The molecule has 11 heteroatoms. The molecule has 4 rings (SSSR count). The van der Waals surface area contributed by atoms with Crippen LogP contribution in [0.25, 0.3) is 0 Å². The molecule has 0 bridgehead atoms. The van der Waals surface area contributed by atoms with E-state index in [9.17, 15) is 18.4 Å². The number of rotatable bonds is 3. The molecule has 0 unspecified atom stereocenters. The predicted octanol–water partition coefficient (Wildman–Crippen LogP) is 1.84. The Morgan fingerprint density at radius 3 is 2.33 bits per heavy atom. The Kier molecular flexibility index (Phi) is 6.43. The molecule has 182 valence electrons. The average Bonchev–Trinajstić information content (AvgIpc) is 3.36. The van der Waals surface area contributed by atoms with Crippen LogP contribution in [-0.4, -0.2) is 106 Å². The van der Waals surface area contributed by atoms with E-state index in [0.717, 1.165) is 26.2 Å². The van der Waals surface area contributed by atoms with E-state index in [0.29, 0.717) is 18.9 Å². The van der Waals surface area contributed by atoms with Crippen molar-refractivity contribution >= 4 is 17.9 Å². The van der Waals surface area contributed by atoms with Crippen molar-refractivity contribution in [3.05, 3.63) is 18.5 Å². The number of anilines is 1. The van der Waals surface area contributed by atoms with Crippen molar-refractivity contribution in [3.8, 4) is 0 Å². The Bertz CT molecular complexity index is 857. The summed E-state index contributed by atoms with van der Waals surface area (Å²) < 4.78 is 33.0. The summed E-state index contributed by atoms with van der Waals surface area (Å²) in [5.41, 5.74) is -0.718. The van der Waals surface area contributed by atoms with E-state index in [1.165, 1.54) is 9.80 Å². The average molecular weight is 467 g/mol. The minimum Gasteiger partial charge on any atom is -0.444 e. The molecule has 3 saturated heterocycles. The molecular weight excluding hydrogens is 434 g/mol. The highest BCUT2D eigenvalue weighted by Gasteiger charge is 2.48. The number of hydrogen-bond donors (Lipinski definition) is 0. The molecule has 2 amide bonds. The van der Waals surface area contributed by atoms with Crippen LogP contribution in [0.1, 0.15) is 33.6 Å². The van der Waals surface area contributed by atoms with Gasteiger partial charge in [0.25, 0.3) is 5.92 Å². The lowest BCUT2D eigenvalue weighted by molar-refractivity contribution is -0.136. The molecule has 0 radical (unpaired) electrons. The highest BCUT2D eigenvalue weighted by molar-refractivity contribution is 5.87. The lowest BCUT2D eigenvalue weighted by Gasteiger charge is -2.37. The fraction of sp³-hybridized carbons (Fsp3) is 0.727. The molecule has 9 nitrogen and oxygen atoms in total. The molecule has 0 aliphatic carbocycles. The van der Waals surface area contributed by atoms with E-state index in [2.05, 4.69) is 19.8 Å². The van der Waals surface area contributed by atoms with E-state index < -0.39 is 36.1 Å². The van der Waals surface area contributed by atoms with Gasteiger partial charge in [-0.3, -0.25) is 14.6 Å². The maximum Gasteiger partial charge on any atom is 0.411 e. The van der Waals surface area contributed by atoms with E-state index in [4.69, 9.17) is 4.74 Å². The van der Waals surface area contributed by atoms with Gasteiger partial charge in [0, 0.05) is 64.1 Å². The third kappa shape index (κ3) is 5.51. The molecule has 3 fully saturated rings. The molecule has 3 aliphatic rings. The molecule has 1 aromatic heterocycles. The number of halogens is 2. The van der Waals surface area contributed by atoms with Crippen LogP contribution < -0.4 is 4.90 Å². The number of carbonyl (C=O) groups is 2. The smallest absolute Gasteiger partial charge is 0.411 e. The van der Waals surface area contributed by atoms with Crippen LogP contribution in [0.3, 0.4) is 0 Å². The number of piperazine rings is 1. The van der Waals surface area contributed by atoms with Crippen molar-refractivity contribution in [1.82, 2.24) is 24.7 Å². The number of alkyl halides is 2. The fourth-order valence-electron chi connectivity index (χ4n) is 4.71. The van der Waals surface area contributed by atoms with Gasteiger partial charge in [0.1, 0.15) is 11.6 Å². The highest BCUT2D eigenvalue weighted by atomic mass is 19.3. The van der Waals surface area contributed by atoms with E-state index in [1.807, 2.05) is 0 Å². The summed E-state index contributed by atoms with van der Waals surface area (Å²) in [7, 11) is 0. The van der Waals surface area contributed by atoms with Crippen molar-refractivity contribution < 1.29 is 23.1 Å². The summed E-state index contributed by atoms with van der Waals surface area (Å²) in [4.78, 5) is 41.7. The van der Waals surface area contributed by atoms with Crippen LogP contribution in [0.2, 0.25) is 0 Å². The molecule has 0 spiro atoms. The SMILES string of the molecule is CC(C)(C)OC(=O)N1C[C@@H](N2CCN(c3ncccn3)CC2)C[C@H]1C(=O)N1CCC(F)(F)C1. The van der Waals surface area contributed by atoms with Crippen molar-refractivity contribution in [3.63, 3.8) is 0 Å². The standard InChI is InChI=1S/C22H32F2N6O3/c1-21(2,3)33-20(32)30-14-16(13-17(30)18(31)29-8-5-22(23,24)15-29)27-9-11-28(12-10-27)19-25-6-4-7-26-19/h4,6-7,16-17H,5,8-15H2,1-3H3/t16-,17-/m0/s1. The van der Waals surface area contributed by atoms with E-state index in [1.54, 1.807) is 39.2 Å². The minimum atomic E-state index is -2.87. The molecule has 0 saturated carbocycles. The molecule has 3 aliphatic heterocycles. The number of hydrogen-bond acceptors (Lipinski definition) is 7. The topological polar surface area (TPSA) is 82.1 Å². The zero-order valence-corrected chi connectivity index (χ0v) is 19.4. The normalized spacial score (nSPS) is 26.0. The summed E-state index contributed by atoms with van der Waals surface area (Å²) >= 11 is 0. The molecular formula is C22H32F2N6O3. The zero-order chi connectivity index (χ0) is 23.8. The van der Waals surface area contributed by atoms with Gasteiger partial charge in [0.2, 0.25) is 11.9 Å². The number of ether oxygens (including phenoxy) is 1. The van der Waals surface area contributed by atoms with E-state index >= 15 is 0 Å². The summed E-state index contributed by atoms with van der Waals surface area (Å²) in [6, 6.07) is 0.930. The van der Waals surface area contributed by atoms with Gasteiger partial charge >= 0.3 is 6.09 Å². The predicted molar refractivity (Wildman–Crippen MR) is 117 cm³/mol. The van der Waals surface area contributed by atoms with Crippen LogP contribution in [0.5, 0.6) is 0 Å². The molecule has 1 aromatic rings. The van der Waals surface area contributed by atoms with Crippen LogP contribution >= 0.6 is 0 Å². The Balaban J connectivity index is 1.44. The first kappa shape index (κ1) is 23.6. The van der Waals surface area contributed by atoms with Crippen molar-refractivity contribution in [1.29, 1.82) is 0 Å². The number of aromatic nitrogens is 2. The third-order valence-corrected chi connectivity index (χ3v) is 6.34. The maximum atomic E-state index is 13.7. The van der Waals surface area contributed by atoms with Gasteiger partial charge < -0.3 is 14.5 Å².